The minimum absolute atomic E-state index is 0.642. The summed E-state index contributed by atoms with van der Waals surface area (Å²) >= 11 is 0. The fourth-order valence-corrected chi connectivity index (χ4v) is 1.54. The van der Waals surface area contributed by atoms with Gasteiger partial charge in [-0.3, -0.25) is 0 Å². The Morgan fingerprint density at radius 2 is 2.31 bits per heavy atom. The molecule has 1 fully saturated rings. The number of hydrogen-bond acceptors (Lipinski definition) is 4. The summed E-state index contributed by atoms with van der Waals surface area (Å²) in [5, 5.41) is 3.39. The van der Waals surface area contributed by atoms with E-state index in [2.05, 4.69) is 27.1 Å². The van der Waals surface area contributed by atoms with Gasteiger partial charge < -0.3 is 10.2 Å². The van der Waals surface area contributed by atoms with Crippen molar-refractivity contribution in [2.45, 2.75) is 38.6 Å². The highest BCUT2D eigenvalue weighted by atomic mass is 15.2. The summed E-state index contributed by atoms with van der Waals surface area (Å²) in [6, 6.07) is 2.58. The normalized spacial score (nSPS) is 14.9. The van der Waals surface area contributed by atoms with Crippen molar-refractivity contribution in [3.8, 4) is 0 Å². The van der Waals surface area contributed by atoms with Gasteiger partial charge in [-0.05, 0) is 25.3 Å². The number of nitrogens with one attached hydrogen (secondary N) is 1. The average Bonchev–Trinajstić information content (AvgIpc) is 3.10. The van der Waals surface area contributed by atoms with Crippen molar-refractivity contribution in [1.82, 2.24) is 9.97 Å². The van der Waals surface area contributed by atoms with Gasteiger partial charge in [0.15, 0.2) is 0 Å². The Kier molecular flexibility index (Phi) is 3.59. The van der Waals surface area contributed by atoms with Crippen LogP contribution in [0.2, 0.25) is 0 Å². The third kappa shape index (κ3) is 3.08. The maximum Gasteiger partial charge on any atom is 0.226 e. The molecule has 1 aromatic heterocycles. The lowest BCUT2D eigenvalue weighted by atomic mass is 10.3. The Bertz CT molecular complexity index is 336. The minimum atomic E-state index is 0.642. The number of hydrogen-bond donors (Lipinski definition) is 1. The van der Waals surface area contributed by atoms with Crippen molar-refractivity contribution in [1.29, 1.82) is 0 Å². The Morgan fingerprint density at radius 3 is 3.00 bits per heavy atom. The molecule has 0 radical (unpaired) electrons. The van der Waals surface area contributed by atoms with E-state index in [-0.39, 0.29) is 0 Å². The highest BCUT2D eigenvalue weighted by Gasteiger charge is 2.21. The molecule has 1 aliphatic carbocycles. The zero-order valence-corrected chi connectivity index (χ0v) is 10.1. The lowest BCUT2D eigenvalue weighted by molar-refractivity contribution is 0.750. The first kappa shape index (κ1) is 11.2. The fraction of sp³-hybridized carbons (Fsp3) is 0.667. The van der Waals surface area contributed by atoms with Crippen LogP contribution in [-0.2, 0) is 0 Å². The number of anilines is 2. The summed E-state index contributed by atoms with van der Waals surface area (Å²) in [6.07, 6.45) is 6.75. The van der Waals surface area contributed by atoms with Crippen LogP contribution in [0.4, 0.5) is 11.8 Å². The van der Waals surface area contributed by atoms with E-state index in [1.165, 1.54) is 25.7 Å². The molecule has 16 heavy (non-hydrogen) atoms. The Labute approximate surface area is 97.1 Å². The predicted molar refractivity (Wildman–Crippen MR) is 66.9 cm³/mol. The third-order valence-electron chi connectivity index (χ3n) is 2.76. The summed E-state index contributed by atoms with van der Waals surface area (Å²) in [4.78, 5) is 10.9. The number of unbranched alkanes of at least 4 members (excludes halogenated alkanes) is 1. The highest BCUT2D eigenvalue weighted by molar-refractivity contribution is 5.42. The molecule has 0 saturated heterocycles. The molecule has 1 aromatic rings. The predicted octanol–water partition coefficient (Wildman–Crippen LogP) is 2.29. The number of aromatic nitrogens is 2. The van der Waals surface area contributed by atoms with E-state index in [0.717, 1.165) is 18.3 Å². The maximum atomic E-state index is 4.51. The second-order valence-electron chi connectivity index (χ2n) is 4.44. The monoisotopic (exact) mass is 220 g/mol. The molecule has 4 nitrogen and oxygen atoms in total. The number of rotatable bonds is 6. The van der Waals surface area contributed by atoms with Gasteiger partial charge >= 0.3 is 0 Å². The van der Waals surface area contributed by atoms with Crippen molar-refractivity contribution in [2.24, 2.45) is 0 Å². The minimum Gasteiger partial charge on any atom is -0.367 e. The molecule has 88 valence electrons. The molecular weight excluding hydrogens is 200 g/mol. The van der Waals surface area contributed by atoms with E-state index in [1.54, 1.807) is 0 Å². The van der Waals surface area contributed by atoms with Crippen molar-refractivity contribution in [2.75, 3.05) is 23.8 Å². The second kappa shape index (κ2) is 5.14. The standard InChI is InChI=1S/C12H20N4/c1-3-4-9-16(2)12-13-8-7-11(15-12)14-10-5-6-10/h7-8,10H,3-6,9H2,1-2H3,(H,13,14,15). The van der Waals surface area contributed by atoms with Gasteiger partial charge in [-0.15, -0.1) is 0 Å². The summed E-state index contributed by atoms with van der Waals surface area (Å²) < 4.78 is 0. The molecule has 1 N–H and O–H groups in total. The molecule has 2 rings (SSSR count). The van der Waals surface area contributed by atoms with E-state index in [1.807, 2.05) is 19.3 Å². The van der Waals surface area contributed by atoms with Gasteiger partial charge in [0.2, 0.25) is 5.95 Å². The van der Waals surface area contributed by atoms with Gasteiger partial charge in [0, 0.05) is 25.8 Å². The maximum absolute atomic E-state index is 4.51. The van der Waals surface area contributed by atoms with Crippen molar-refractivity contribution >= 4 is 11.8 Å². The molecule has 0 bridgehead atoms. The molecule has 1 aliphatic rings. The molecular formula is C12H20N4. The first-order chi connectivity index (χ1) is 7.79. The molecule has 1 saturated carbocycles. The van der Waals surface area contributed by atoms with E-state index < -0.39 is 0 Å². The van der Waals surface area contributed by atoms with Gasteiger partial charge in [-0.25, -0.2) is 4.98 Å². The van der Waals surface area contributed by atoms with Crippen molar-refractivity contribution < 1.29 is 0 Å². The van der Waals surface area contributed by atoms with Gasteiger partial charge in [0.25, 0.3) is 0 Å². The van der Waals surface area contributed by atoms with Crippen LogP contribution < -0.4 is 10.2 Å². The first-order valence-electron chi connectivity index (χ1n) is 6.10. The van der Waals surface area contributed by atoms with Gasteiger partial charge in [0.05, 0.1) is 0 Å². The van der Waals surface area contributed by atoms with Crippen LogP contribution in [0.5, 0.6) is 0 Å². The molecule has 0 aliphatic heterocycles. The lowest BCUT2D eigenvalue weighted by Crippen LogP contribution is -2.21. The second-order valence-corrected chi connectivity index (χ2v) is 4.44. The number of nitrogens with zero attached hydrogens (tertiary/aromatic N) is 3. The third-order valence-corrected chi connectivity index (χ3v) is 2.76. The molecule has 0 spiro atoms. The summed E-state index contributed by atoms with van der Waals surface area (Å²) in [5.41, 5.74) is 0. The molecule has 0 aromatic carbocycles. The zero-order valence-electron chi connectivity index (χ0n) is 10.1. The molecule has 0 amide bonds. The zero-order chi connectivity index (χ0) is 11.4. The lowest BCUT2D eigenvalue weighted by Gasteiger charge is -2.17. The summed E-state index contributed by atoms with van der Waals surface area (Å²) in [6.45, 7) is 3.21. The van der Waals surface area contributed by atoms with Crippen LogP contribution >= 0.6 is 0 Å². The fourth-order valence-electron chi connectivity index (χ4n) is 1.54. The van der Waals surface area contributed by atoms with Crippen LogP contribution in [0, 0.1) is 0 Å². The largest absolute Gasteiger partial charge is 0.367 e. The highest BCUT2D eigenvalue weighted by Crippen LogP contribution is 2.23. The Morgan fingerprint density at radius 1 is 1.50 bits per heavy atom. The van der Waals surface area contributed by atoms with E-state index in [4.69, 9.17) is 0 Å². The van der Waals surface area contributed by atoms with Gasteiger partial charge in [-0.2, -0.15) is 4.98 Å². The van der Waals surface area contributed by atoms with Crippen molar-refractivity contribution in [3.63, 3.8) is 0 Å². The Balaban J connectivity index is 1.96. The SMILES string of the molecule is CCCCN(C)c1nccc(NC2CC2)n1. The average molecular weight is 220 g/mol. The molecule has 0 atom stereocenters. The van der Waals surface area contributed by atoms with Gasteiger partial charge in [0.1, 0.15) is 5.82 Å². The van der Waals surface area contributed by atoms with Crippen LogP contribution in [0.3, 0.4) is 0 Å². The molecule has 4 heteroatoms. The van der Waals surface area contributed by atoms with Crippen molar-refractivity contribution in [3.05, 3.63) is 12.3 Å². The smallest absolute Gasteiger partial charge is 0.226 e. The van der Waals surface area contributed by atoms with Crippen LogP contribution in [0.15, 0.2) is 12.3 Å². The summed E-state index contributed by atoms with van der Waals surface area (Å²) in [5.74, 6) is 1.77. The van der Waals surface area contributed by atoms with E-state index >= 15 is 0 Å². The van der Waals surface area contributed by atoms with Crippen LogP contribution in [0.25, 0.3) is 0 Å². The van der Waals surface area contributed by atoms with Crippen LogP contribution in [-0.4, -0.2) is 29.6 Å². The molecule has 0 unspecified atom stereocenters. The topological polar surface area (TPSA) is 41.1 Å². The quantitative estimate of drug-likeness (QED) is 0.798. The summed E-state index contributed by atoms with van der Waals surface area (Å²) in [7, 11) is 2.05. The van der Waals surface area contributed by atoms with E-state index in [0.29, 0.717) is 6.04 Å². The van der Waals surface area contributed by atoms with Crippen LogP contribution in [0.1, 0.15) is 32.6 Å². The van der Waals surface area contributed by atoms with E-state index in [9.17, 15) is 0 Å². The first-order valence-corrected chi connectivity index (χ1v) is 6.10. The molecule has 1 heterocycles. The van der Waals surface area contributed by atoms with Gasteiger partial charge in [-0.1, -0.05) is 13.3 Å². The Hall–Kier alpha value is -1.32.